The van der Waals surface area contributed by atoms with Crippen molar-refractivity contribution in [2.75, 3.05) is 12.4 Å². The van der Waals surface area contributed by atoms with Gasteiger partial charge < -0.3 is 10.1 Å². The first-order chi connectivity index (χ1) is 11.1. The number of esters is 1. The standard InChI is InChI=1S/C18H16N2O3/c1-23-17(21)11-6-13-4-9-16(10-5-13)20-18(22)15-7-2-14(12-19)3-8-15/h2-5,7-10H,6,11H2,1H3,(H,20,22). The highest BCUT2D eigenvalue weighted by atomic mass is 16.5. The van der Waals surface area contributed by atoms with Crippen LogP contribution in [0.5, 0.6) is 0 Å². The highest BCUT2D eigenvalue weighted by molar-refractivity contribution is 6.04. The minimum Gasteiger partial charge on any atom is -0.469 e. The molecule has 0 bridgehead atoms. The first kappa shape index (κ1) is 16.2. The lowest BCUT2D eigenvalue weighted by molar-refractivity contribution is -0.140. The Hall–Kier alpha value is -3.13. The van der Waals surface area contributed by atoms with Crippen molar-refractivity contribution in [3.63, 3.8) is 0 Å². The van der Waals surface area contributed by atoms with Crippen LogP contribution in [-0.2, 0) is 16.0 Å². The number of carbonyl (C=O) groups excluding carboxylic acids is 2. The van der Waals surface area contributed by atoms with Crippen LogP contribution in [0.4, 0.5) is 5.69 Å². The van der Waals surface area contributed by atoms with E-state index in [1.165, 1.54) is 7.11 Å². The lowest BCUT2D eigenvalue weighted by Crippen LogP contribution is -2.11. The highest BCUT2D eigenvalue weighted by Crippen LogP contribution is 2.13. The number of amides is 1. The van der Waals surface area contributed by atoms with Gasteiger partial charge in [-0.05, 0) is 48.4 Å². The van der Waals surface area contributed by atoms with E-state index in [9.17, 15) is 9.59 Å². The molecule has 2 aromatic rings. The van der Waals surface area contributed by atoms with Crippen molar-refractivity contribution in [3.8, 4) is 6.07 Å². The number of anilines is 1. The molecular weight excluding hydrogens is 292 g/mol. The molecule has 1 N–H and O–H groups in total. The Morgan fingerprint density at radius 3 is 2.30 bits per heavy atom. The van der Waals surface area contributed by atoms with Crippen LogP contribution >= 0.6 is 0 Å². The van der Waals surface area contributed by atoms with Crippen LogP contribution in [0, 0.1) is 11.3 Å². The van der Waals surface area contributed by atoms with Crippen molar-refractivity contribution in [2.45, 2.75) is 12.8 Å². The van der Waals surface area contributed by atoms with Crippen LogP contribution in [0.25, 0.3) is 0 Å². The van der Waals surface area contributed by atoms with E-state index < -0.39 is 0 Å². The molecule has 2 rings (SSSR count). The lowest BCUT2D eigenvalue weighted by Gasteiger charge is -2.07. The lowest BCUT2D eigenvalue weighted by atomic mass is 10.1. The zero-order chi connectivity index (χ0) is 16.7. The third-order valence-corrected chi connectivity index (χ3v) is 3.33. The topological polar surface area (TPSA) is 79.2 Å². The Labute approximate surface area is 134 Å². The van der Waals surface area contributed by atoms with E-state index in [0.29, 0.717) is 29.7 Å². The molecule has 0 atom stereocenters. The second-order valence-electron chi connectivity index (χ2n) is 4.92. The monoisotopic (exact) mass is 308 g/mol. The fraction of sp³-hybridized carbons (Fsp3) is 0.167. The minimum atomic E-state index is -0.247. The molecule has 5 heteroatoms. The number of nitrogens with one attached hydrogen (secondary N) is 1. The van der Waals surface area contributed by atoms with Crippen molar-refractivity contribution < 1.29 is 14.3 Å². The molecule has 0 spiro atoms. The number of methoxy groups -OCH3 is 1. The van der Waals surface area contributed by atoms with Gasteiger partial charge in [0, 0.05) is 17.7 Å². The van der Waals surface area contributed by atoms with Crippen LogP contribution in [0.2, 0.25) is 0 Å². The molecule has 0 aliphatic carbocycles. The fourth-order valence-corrected chi connectivity index (χ4v) is 2.00. The van der Waals surface area contributed by atoms with Crippen molar-refractivity contribution in [3.05, 3.63) is 65.2 Å². The first-order valence-electron chi connectivity index (χ1n) is 7.09. The van der Waals surface area contributed by atoms with Gasteiger partial charge in [0.25, 0.3) is 5.91 Å². The number of hydrogen-bond acceptors (Lipinski definition) is 4. The summed E-state index contributed by atoms with van der Waals surface area (Å²) in [5.41, 5.74) is 2.66. The molecule has 0 saturated carbocycles. The summed E-state index contributed by atoms with van der Waals surface area (Å²) in [6.07, 6.45) is 0.921. The summed E-state index contributed by atoms with van der Waals surface area (Å²) in [7, 11) is 1.37. The maximum absolute atomic E-state index is 12.1. The Morgan fingerprint density at radius 1 is 1.09 bits per heavy atom. The molecule has 0 saturated heterocycles. The zero-order valence-electron chi connectivity index (χ0n) is 12.7. The molecule has 0 aromatic heterocycles. The van der Waals surface area contributed by atoms with E-state index >= 15 is 0 Å². The first-order valence-corrected chi connectivity index (χ1v) is 7.09. The van der Waals surface area contributed by atoms with E-state index in [4.69, 9.17) is 5.26 Å². The summed E-state index contributed by atoms with van der Waals surface area (Å²) >= 11 is 0. The number of nitriles is 1. The molecule has 23 heavy (non-hydrogen) atoms. The third kappa shape index (κ3) is 4.68. The molecule has 5 nitrogen and oxygen atoms in total. The number of benzene rings is 2. The van der Waals surface area contributed by atoms with Crippen LogP contribution in [0.3, 0.4) is 0 Å². The molecular formula is C18H16N2O3. The average molecular weight is 308 g/mol. The van der Waals surface area contributed by atoms with Gasteiger partial charge in [-0.15, -0.1) is 0 Å². The van der Waals surface area contributed by atoms with Gasteiger partial charge in [0.05, 0.1) is 18.7 Å². The summed E-state index contributed by atoms with van der Waals surface area (Å²) in [4.78, 5) is 23.2. The Kier molecular flexibility index (Phi) is 5.48. The molecule has 116 valence electrons. The van der Waals surface area contributed by atoms with Gasteiger partial charge in [0.2, 0.25) is 0 Å². The summed E-state index contributed by atoms with van der Waals surface area (Å²) in [6.45, 7) is 0. The molecule has 1 amide bonds. The van der Waals surface area contributed by atoms with E-state index in [1.807, 2.05) is 18.2 Å². The predicted molar refractivity (Wildman–Crippen MR) is 85.9 cm³/mol. The van der Waals surface area contributed by atoms with Gasteiger partial charge in [0.15, 0.2) is 0 Å². The largest absolute Gasteiger partial charge is 0.469 e. The summed E-state index contributed by atoms with van der Waals surface area (Å²) in [6, 6.07) is 15.7. The van der Waals surface area contributed by atoms with Crippen LogP contribution in [-0.4, -0.2) is 19.0 Å². The molecule has 0 heterocycles. The van der Waals surface area contributed by atoms with Gasteiger partial charge in [-0.25, -0.2) is 0 Å². The van der Waals surface area contributed by atoms with Crippen LogP contribution in [0.15, 0.2) is 48.5 Å². The van der Waals surface area contributed by atoms with Gasteiger partial charge >= 0.3 is 5.97 Å². The van der Waals surface area contributed by atoms with Crippen molar-refractivity contribution >= 4 is 17.6 Å². The van der Waals surface area contributed by atoms with Crippen molar-refractivity contribution in [1.29, 1.82) is 5.26 Å². The number of rotatable bonds is 5. The van der Waals surface area contributed by atoms with Gasteiger partial charge in [-0.1, -0.05) is 12.1 Å². The molecule has 0 radical (unpaired) electrons. The summed E-state index contributed by atoms with van der Waals surface area (Å²) < 4.78 is 4.60. The second kappa shape index (κ2) is 7.76. The van der Waals surface area contributed by atoms with E-state index in [0.717, 1.165) is 5.56 Å². The quantitative estimate of drug-likeness (QED) is 0.861. The molecule has 2 aromatic carbocycles. The maximum Gasteiger partial charge on any atom is 0.305 e. The molecule has 0 aliphatic heterocycles. The Morgan fingerprint density at radius 2 is 1.74 bits per heavy atom. The van der Waals surface area contributed by atoms with Crippen LogP contribution in [0.1, 0.15) is 27.9 Å². The van der Waals surface area contributed by atoms with E-state index in [2.05, 4.69) is 10.1 Å². The van der Waals surface area contributed by atoms with Gasteiger partial charge in [0.1, 0.15) is 0 Å². The number of aryl methyl sites for hydroxylation is 1. The summed E-state index contributed by atoms with van der Waals surface area (Å²) in [5, 5.41) is 11.5. The predicted octanol–water partition coefficient (Wildman–Crippen LogP) is 2.92. The van der Waals surface area contributed by atoms with Crippen molar-refractivity contribution in [1.82, 2.24) is 0 Å². The fourth-order valence-electron chi connectivity index (χ4n) is 2.00. The number of carbonyl (C=O) groups is 2. The number of ether oxygens (including phenoxy) is 1. The van der Waals surface area contributed by atoms with Crippen molar-refractivity contribution in [2.24, 2.45) is 0 Å². The van der Waals surface area contributed by atoms with Crippen LogP contribution < -0.4 is 5.32 Å². The SMILES string of the molecule is COC(=O)CCc1ccc(NC(=O)c2ccc(C#N)cc2)cc1. The van der Waals surface area contributed by atoms with Gasteiger partial charge in [-0.2, -0.15) is 5.26 Å². The molecule has 0 unspecified atom stereocenters. The third-order valence-electron chi connectivity index (χ3n) is 3.33. The zero-order valence-corrected chi connectivity index (χ0v) is 12.7. The maximum atomic E-state index is 12.1. The van der Waals surface area contributed by atoms with E-state index in [1.54, 1.807) is 36.4 Å². The average Bonchev–Trinajstić information content (AvgIpc) is 2.60. The second-order valence-corrected chi connectivity index (χ2v) is 4.92. The smallest absolute Gasteiger partial charge is 0.305 e. The van der Waals surface area contributed by atoms with Gasteiger partial charge in [-0.3, -0.25) is 9.59 Å². The number of hydrogen-bond donors (Lipinski definition) is 1. The number of nitrogens with zero attached hydrogens (tertiary/aromatic N) is 1. The molecule has 0 fully saturated rings. The summed E-state index contributed by atoms with van der Waals surface area (Å²) in [5.74, 6) is -0.486. The highest BCUT2D eigenvalue weighted by Gasteiger charge is 2.06. The minimum absolute atomic E-state index is 0.239. The molecule has 0 aliphatic rings. The van der Waals surface area contributed by atoms with E-state index in [-0.39, 0.29) is 11.9 Å². The Balaban J connectivity index is 1.95. The Bertz CT molecular complexity index is 728. The normalized spacial score (nSPS) is 9.74.